The number of hydrogen-bond donors (Lipinski definition) is 2. The highest BCUT2D eigenvalue weighted by Crippen LogP contribution is 2.08. The molecule has 0 spiro atoms. The molecule has 0 fully saturated rings. The molecular formula is C9H17N3OS. The van der Waals surface area contributed by atoms with Gasteiger partial charge in [-0.15, -0.1) is 0 Å². The van der Waals surface area contributed by atoms with Crippen molar-refractivity contribution in [2.24, 2.45) is 0 Å². The van der Waals surface area contributed by atoms with Crippen LogP contribution in [0.2, 0.25) is 0 Å². The van der Waals surface area contributed by atoms with Crippen LogP contribution in [0.4, 0.5) is 0 Å². The van der Waals surface area contributed by atoms with E-state index in [-0.39, 0.29) is 12.1 Å². The summed E-state index contributed by atoms with van der Waals surface area (Å²) in [5.41, 5.74) is 1.05. The first-order valence-corrected chi connectivity index (χ1v) is 6.37. The summed E-state index contributed by atoms with van der Waals surface area (Å²) in [7, 11) is -0.747. The molecule has 2 N–H and O–H groups in total. The van der Waals surface area contributed by atoms with E-state index < -0.39 is 10.8 Å². The highest BCUT2D eigenvalue weighted by molar-refractivity contribution is 7.84. The molecule has 0 radical (unpaired) electrons. The van der Waals surface area contributed by atoms with Gasteiger partial charge in [-0.3, -0.25) is 9.31 Å². The van der Waals surface area contributed by atoms with Crippen molar-refractivity contribution in [1.29, 1.82) is 0 Å². The SMILES string of the molecule is CC(CS(C)=O)NC(C)c1ccn[nH]1. The van der Waals surface area contributed by atoms with Crippen LogP contribution in [0, 0.1) is 0 Å². The normalized spacial score (nSPS) is 17.6. The molecule has 3 atom stereocenters. The molecule has 14 heavy (non-hydrogen) atoms. The van der Waals surface area contributed by atoms with Crippen LogP contribution in [0.3, 0.4) is 0 Å². The van der Waals surface area contributed by atoms with Crippen LogP contribution >= 0.6 is 0 Å². The lowest BCUT2D eigenvalue weighted by Crippen LogP contribution is -2.33. The maximum absolute atomic E-state index is 11.0. The Bertz CT molecular complexity index is 286. The fourth-order valence-corrected chi connectivity index (χ4v) is 2.22. The van der Waals surface area contributed by atoms with Gasteiger partial charge < -0.3 is 5.32 Å². The molecule has 4 nitrogen and oxygen atoms in total. The zero-order valence-corrected chi connectivity index (χ0v) is 9.60. The van der Waals surface area contributed by atoms with Crippen LogP contribution < -0.4 is 5.32 Å². The minimum absolute atomic E-state index is 0.219. The highest BCUT2D eigenvalue weighted by atomic mass is 32.2. The fourth-order valence-electron chi connectivity index (χ4n) is 1.42. The minimum atomic E-state index is -0.747. The standard InChI is InChI=1S/C9H17N3OS/c1-7(6-14(3)13)11-8(2)9-4-5-10-12-9/h4-5,7-8,11H,6H2,1-3H3,(H,10,12). The third-order valence-electron chi connectivity index (χ3n) is 2.01. The first-order valence-electron chi connectivity index (χ1n) is 4.65. The van der Waals surface area contributed by atoms with Crippen molar-refractivity contribution in [2.45, 2.75) is 25.9 Å². The molecule has 0 aliphatic heterocycles. The smallest absolute Gasteiger partial charge is 0.0518 e. The zero-order chi connectivity index (χ0) is 10.6. The van der Waals surface area contributed by atoms with Crippen LogP contribution in [0.25, 0.3) is 0 Å². The Labute approximate surface area is 86.9 Å². The van der Waals surface area contributed by atoms with Gasteiger partial charge in [-0.25, -0.2) is 0 Å². The van der Waals surface area contributed by atoms with E-state index in [1.54, 1.807) is 12.5 Å². The van der Waals surface area contributed by atoms with Crippen LogP contribution in [-0.2, 0) is 10.8 Å². The quantitative estimate of drug-likeness (QED) is 0.765. The Morgan fingerprint density at radius 1 is 1.64 bits per heavy atom. The monoisotopic (exact) mass is 215 g/mol. The predicted octanol–water partition coefficient (Wildman–Crippen LogP) is 0.827. The molecule has 0 aromatic carbocycles. The molecule has 1 rings (SSSR count). The molecule has 1 aromatic heterocycles. The summed E-state index contributed by atoms with van der Waals surface area (Å²) >= 11 is 0. The second kappa shape index (κ2) is 5.26. The predicted molar refractivity (Wildman–Crippen MR) is 58.5 cm³/mol. The number of hydrogen-bond acceptors (Lipinski definition) is 3. The molecule has 0 saturated carbocycles. The first kappa shape index (κ1) is 11.4. The highest BCUT2D eigenvalue weighted by Gasteiger charge is 2.10. The van der Waals surface area contributed by atoms with Crippen molar-refractivity contribution in [3.8, 4) is 0 Å². The van der Waals surface area contributed by atoms with Crippen LogP contribution in [0.15, 0.2) is 12.3 Å². The molecule has 1 heterocycles. The minimum Gasteiger partial charge on any atom is -0.305 e. The van der Waals surface area contributed by atoms with E-state index in [0.29, 0.717) is 5.75 Å². The van der Waals surface area contributed by atoms with E-state index in [1.165, 1.54) is 0 Å². The van der Waals surface area contributed by atoms with Gasteiger partial charge >= 0.3 is 0 Å². The molecule has 80 valence electrons. The molecule has 0 aliphatic rings. The Kier molecular flexibility index (Phi) is 4.28. The van der Waals surface area contributed by atoms with Gasteiger partial charge in [-0.2, -0.15) is 5.10 Å². The van der Waals surface area contributed by atoms with Crippen LogP contribution in [0.1, 0.15) is 25.6 Å². The average molecular weight is 215 g/mol. The maximum Gasteiger partial charge on any atom is 0.0518 e. The van der Waals surface area contributed by atoms with E-state index >= 15 is 0 Å². The van der Waals surface area contributed by atoms with E-state index in [9.17, 15) is 4.21 Å². The van der Waals surface area contributed by atoms with Gasteiger partial charge in [0, 0.05) is 41.1 Å². The first-order chi connectivity index (χ1) is 6.59. The Morgan fingerprint density at radius 3 is 2.86 bits per heavy atom. The summed E-state index contributed by atoms with van der Waals surface area (Å²) in [6.45, 7) is 4.09. The molecule has 0 bridgehead atoms. The number of nitrogens with one attached hydrogen (secondary N) is 2. The van der Waals surface area contributed by atoms with Gasteiger partial charge in [-0.05, 0) is 19.9 Å². The third-order valence-corrected chi connectivity index (χ3v) is 2.98. The van der Waals surface area contributed by atoms with E-state index in [1.807, 2.05) is 13.0 Å². The van der Waals surface area contributed by atoms with Crippen molar-refractivity contribution in [2.75, 3.05) is 12.0 Å². The molecule has 3 unspecified atom stereocenters. The van der Waals surface area contributed by atoms with Crippen molar-refractivity contribution in [3.05, 3.63) is 18.0 Å². The summed E-state index contributed by atoms with van der Waals surface area (Å²) in [5, 5.41) is 10.1. The number of aromatic nitrogens is 2. The van der Waals surface area contributed by atoms with E-state index in [4.69, 9.17) is 0 Å². The van der Waals surface area contributed by atoms with Crippen molar-refractivity contribution < 1.29 is 4.21 Å². The second-order valence-electron chi connectivity index (χ2n) is 3.54. The Balaban J connectivity index is 2.41. The van der Waals surface area contributed by atoms with E-state index in [0.717, 1.165) is 5.69 Å². The summed E-state index contributed by atoms with van der Waals surface area (Å²) in [6, 6.07) is 2.41. The summed E-state index contributed by atoms with van der Waals surface area (Å²) in [5.74, 6) is 0.679. The summed E-state index contributed by atoms with van der Waals surface area (Å²) in [4.78, 5) is 0. The largest absolute Gasteiger partial charge is 0.305 e. The molecule has 1 aromatic rings. The lowest BCUT2D eigenvalue weighted by molar-refractivity contribution is 0.498. The van der Waals surface area contributed by atoms with Gasteiger partial charge in [0.2, 0.25) is 0 Å². The Morgan fingerprint density at radius 2 is 2.36 bits per heavy atom. The molecule has 0 amide bonds. The number of nitrogens with zero attached hydrogens (tertiary/aromatic N) is 1. The van der Waals surface area contributed by atoms with Crippen molar-refractivity contribution >= 4 is 10.8 Å². The molecular weight excluding hydrogens is 198 g/mol. The number of H-pyrrole nitrogens is 1. The van der Waals surface area contributed by atoms with Gasteiger partial charge in [-0.1, -0.05) is 0 Å². The van der Waals surface area contributed by atoms with E-state index in [2.05, 4.69) is 22.4 Å². The van der Waals surface area contributed by atoms with Crippen LogP contribution in [0.5, 0.6) is 0 Å². The average Bonchev–Trinajstić information content (AvgIpc) is 2.53. The third kappa shape index (κ3) is 3.59. The Hall–Kier alpha value is -0.680. The molecule has 5 heteroatoms. The molecule has 0 saturated heterocycles. The lowest BCUT2D eigenvalue weighted by Gasteiger charge is -2.17. The zero-order valence-electron chi connectivity index (χ0n) is 8.78. The second-order valence-corrected chi connectivity index (χ2v) is 5.02. The van der Waals surface area contributed by atoms with Gasteiger partial charge in [0.05, 0.1) is 5.69 Å². The number of rotatable bonds is 5. The summed E-state index contributed by atoms with van der Waals surface area (Å²) in [6.07, 6.45) is 3.45. The van der Waals surface area contributed by atoms with Crippen molar-refractivity contribution in [3.63, 3.8) is 0 Å². The summed E-state index contributed by atoms with van der Waals surface area (Å²) < 4.78 is 11.0. The topological polar surface area (TPSA) is 57.8 Å². The van der Waals surface area contributed by atoms with Gasteiger partial charge in [0.1, 0.15) is 0 Å². The fraction of sp³-hybridized carbons (Fsp3) is 0.667. The van der Waals surface area contributed by atoms with Crippen LogP contribution in [-0.4, -0.2) is 32.5 Å². The maximum atomic E-state index is 11.0. The lowest BCUT2D eigenvalue weighted by atomic mass is 10.2. The van der Waals surface area contributed by atoms with Gasteiger partial charge in [0.25, 0.3) is 0 Å². The van der Waals surface area contributed by atoms with Gasteiger partial charge in [0.15, 0.2) is 0 Å². The van der Waals surface area contributed by atoms with Crippen molar-refractivity contribution in [1.82, 2.24) is 15.5 Å². The molecule has 0 aliphatic carbocycles. The number of aromatic amines is 1.